The number of amides is 1. The van der Waals surface area contributed by atoms with E-state index in [-0.39, 0.29) is 11.4 Å². The van der Waals surface area contributed by atoms with Gasteiger partial charge in [-0.15, -0.1) is 0 Å². The standard InChI is InChI=1S/C15H22Cl2N4O/c1-15(2,3)21-14(18-4)20-8-7-19-13(22)10-5-6-11(16)12(17)9-10/h5-6,9H,7-8H2,1-4H3,(H,19,22)(H2,18,20,21). The number of hydrogen-bond donors (Lipinski definition) is 3. The van der Waals surface area contributed by atoms with Crippen molar-refractivity contribution in [2.75, 3.05) is 20.1 Å². The molecule has 0 unspecified atom stereocenters. The second kappa shape index (κ2) is 8.25. The van der Waals surface area contributed by atoms with Crippen molar-refractivity contribution in [1.82, 2.24) is 16.0 Å². The Morgan fingerprint density at radius 1 is 1.14 bits per heavy atom. The van der Waals surface area contributed by atoms with Crippen LogP contribution in [0.4, 0.5) is 0 Å². The molecule has 1 aromatic rings. The lowest BCUT2D eigenvalue weighted by Gasteiger charge is -2.23. The molecule has 0 atom stereocenters. The highest BCUT2D eigenvalue weighted by molar-refractivity contribution is 6.42. The predicted octanol–water partition coefficient (Wildman–Crippen LogP) is 2.69. The second-order valence-corrected chi connectivity index (χ2v) is 6.57. The van der Waals surface area contributed by atoms with Gasteiger partial charge in [0.1, 0.15) is 0 Å². The lowest BCUT2D eigenvalue weighted by molar-refractivity contribution is 0.0954. The lowest BCUT2D eigenvalue weighted by atomic mass is 10.1. The number of nitrogens with zero attached hydrogens (tertiary/aromatic N) is 1. The van der Waals surface area contributed by atoms with E-state index in [1.165, 1.54) is 0 Å². The van der Waals surface area contributed by atoms with Gasteiger partial charge in [-0.1, -0.05) is 23.2 Å². The normalized spacial score (nSPS) is 12.0. The van der Waals surface area contributed by atoms with E-state index in [2.05, 4.69) is 20.9 Å². The fourth-order valence-electron chi connectivity index (χ4n) is 1.63. The molecule has 0 heterocycles. The summed E-state index contributed by atoms with van der Waals surface area (Å²) in [5.74, 6) is 0.496. The molecule has 0 bridgehead atoms. The molecule has 0 aromatic heterocycles. The molecule has 0 aliphatic heterocycles. The van der Waals surface area contributed by atoms with Crippen molar-refractivity contribution in [3.05, 3.63) is 33.8 Å². The maximum absolute atomic E-state index is 12.0. The first kappa shape index (κ1) is 18.6. The van der Waals surface area contributed by atoms with E-state index in [9.17, 15) is 4.79 Å². The topological polar surface area (TPSA) is 65.5 Å². The minimum atomic E-state index is -0.195. The highest BCUT2D eigenvalue weighted by Gasteiger charge is 2.11. The summed E-state index contributed by atoms with van der Waals surface area (Å²) in [6, 6.07) is 4.79. The summed E-state index contributed by atoms with van der Waals surface area (Å²) in [5.41, 5.74) is 0.400. The molecule has 5 nitrogen and oxygen atoms in total. The van der Waals surface area contributed by atoms with Gasteiger partial charge in [-0.3, -0.25) is 9.79 Å². The minimum absolute atomic E-state index is 0.0782. The Morgan fingerprint density at radius 2 is 1.77 bits per heavy atom. The number of aliphatic imine (C=N–C) groups is 1. The SMILES string of the molecule is CN=C(NCCNC(=O)c1ccc(Cl)c(Cl)c1)NC(C)(C)C. The van der Waals surface area contributed by atoms with Crippen molar-refractivity contribution < 1.29 is 4.79 Å². The van der Waals surface area contributed by atoms with E-state index in [1.807, 2.05) is 20.8 Å². The molecule has 0 aliphatic rings. The first-order chi connectivity index (χ1) is 10.2. The van der Waals surface area contributed by atoms with Crippen LogP contribution in [-0.4, -0.2) is 37.5 Å². The van der Waals surface area contributed by atoms with E-state index < -0.39 is 0 Å². The molecule has 122 valence electrons. The zero-order valence-electron chi connectivity index (χ0n) is 13.3. The monoisotopic (exact) mass is 344 g/mol. The van der Waals surface area contributed by atoms with Crippen LogP contribution in [0.15, 0.2) is 23.2 Å². The zero-order chi connectivity index (χ0) is 16.8. The van der Waals surface area contributed by atoms with E-state index >= 15 is 0 Å². The third-order valence-corrected chi connectivity index (χ3v) is 3.34. The van der Waals surface area contributed by atoms with Gasteiger partial charge in [0.2, 0.25) is 0 Å². The Hall–Kier alpha value is -1.46. The van der Waals surface area contributed by atoms with E-state index in [0.717, 1.165) is 0 Å². The highest BCUT2D eigenvalue weighted by atomic mass is 35.5. The number of benzene rings is 1. The average molecular weight is 345 g/mol. The minimum Gasteiger partial charge on any atom is -0.355 e. The van der Waals surface area contributed by atoms with E-state index in [4.69, 9.17) is 23.2 Å². The van der Waals surface area contributed by atoms with Crippen molar-refractivity contribution >= 4 is 35.1 Å². The van der Waals surface area contributed by atoms with Crippen LogP contribution >= 0.6 is 23.2 Å². The summed E-state index contributed by atoms with van der Waals surface area (Å²) in [5, 5.41) is 9.96. The molecule has 3 N–H and O–H groups in total. The summed E-state index contributed by atoms with van der Waals surface area (Å²) in [6.45, 7) is 7.16. The van der Waals surface area contributed by atoms with Crippen molar-refractivity contribution in [3.8, 4) is 0 Å². The van der Waals surface area contributed by atoms with Crippen molar-refractivity contribution in [2.45, 2.75) is 26.3 Å². The summed E-state index contributed by atoms with van der Waals surface area (Å²) in [7, 11) is 1.70. The molecule has 0 aliphatic carbocycles. The number of guanidine groups is 1. The molecular formula is C15H22Cl2N4O. The number of rotatable bonds is 4. The van der Waals surface area contributed by atoms with Crippen molar-refractivity contribution in [3.63, 3.8) is 0 Å². The van der Waals surface area contributed by atoms with Gasteiger partial charge in [0, 0.05) is 31.2 Å². The molecule has 22 heavy (non-hydrogen) atoms. The van der Waals surface area contributed by atoms with Crippen LogP contribution in [0.25, 0.3) is 0 Å². The average Bonchev–Trinajstić information content (AvgIpc) is 2.43. The predicted molar refractivity (Wildman–Crippen MR) is 93.0 cm³/mol. The largest absolute Gasteiger partial charge is 0.355 e. The quantitative estimate of drug-likeness (QED) is 0.447. The molecule has 0 saturated heterocycles. The number of carbonyl (C=O) groups is 1. The third-order valence-electron chi connectivity index (χ3n) is 2.60. The highest BCUT2D eigenvalue weighted by Crippen LogP contribution is 2.22. The molecule has 1 rings (SSSR count). The maximum atomic E-state index is 12.0. The summed E-state index contributed by atoms with van der Waals surface area (Å²) < 4.78 is 0. The summed E-state index contributed by atoms with van der Waals surface area (Å²) >= 11 is 11.7. The van der Waals surface area contributed by atoms with Crippen molar-refractivity contribution in [2.24, 2.45) is 4.99 Å². The molecule has 1 aromatic carbocycles. The molecule has 0 fully saturated rings. The Balaban J connectivity index is 2.40. The second-order valence-electron chi connectivity index (χ2n) is 5.76. The third kappa shape index (κ3) is 6.54. The molecule has 1 amide bonds. The van der Waals surface area contributed by atoms with Crippen LogP contribution in [0.3, 0.4) is 0 Å². The van der Waals surface area contributed by atoms with Crippen molar-refractivity contribution in [1.29, 1.82) is 0 Å². The molecule has 7 heteroatoms. The maximum Gasteiger partial charge on any atom is 0.251 e. The van der Waals surface area contributed by atoms with E-state index in [1.54, 1.807) is 25.2 Å². The first-order valence-corrected chi connectivity index (χ1v) is 7.70. The van der Waals surface area contributed by atoms with Crippen LogP contribution in [0.1, 0.15) is 31.1 Å². The van der Waals surface area contributed by atoms with Gasteiger partial charge in [-0.05, 0) is 39.0 Å². The molecule has 0 saturated carbocycles. The first-order valence-electron chi connectivity index (χ1n) is 6.95. The van der Waals surface area contributed by atoms with Crippen LogP contribution in [0, 0.1) is 0 Å². The van der Waals surface area contributed by atoms with Crippen LogP contribution < -0.4 is 16.0 Å². The van der Waals surface area contributed by atoms with Gasteiger partial charge in [0.15, 0.2) is 5.96 Å². The van der Waals surface area contributed by atoms with Gasteiger partial charge in [-0.25, -0.2) is 0 Å². The van der Waals surface area contributed by atoms with Gasteiger partial charge in [0.05, 0.1) is 10.0 Å². The number of halogens is 2. The van der Waals surface area contributed by atoms with E-state index in [0.29, 0.717) is 34.7 Å². The fourth-order valence-corrected chi connectivity index (χ4v) is 1.93. The van der Waals surface area contributed by atoms with Crippen LogP contribution in [0.5, 0.6) is 0 Å². The Labute approximate surface area is 141 Å². The van der Waals surface area contributed by atoms with Gasteiger partial charge in [-0.2, -0.15) is 0 Å². The Kier molecular flexibility index (Phi) is 6.97. The number of carbonyl (C=O) groups excluding carboxylic acids is 1. The Bertz CT molecular complexity index is 553. The van der Waals surface area contributed by atoms with Gasteiger partial charge < -0.3 is 16.0 Å². The number of hydrogen-bond acceptors (Lipinski definition) is 2. The summed E-state index contributed by atoms with van der Waals surface area (Å²) in [6.07, 6.45) is 0. The molecular weight excluding hydrogens is 323 g/mol. The number of nitrogens with one attached hydrogen (secondary N) is 3. The molecule has 0 spiro atoms. The Morgan fingerprint density at radius 3 is 2.32 bits per heavy atom. The fraction of sp³-hybridized carbons (Fsp3) is 0.467. The van der Waals surface area contributed by atoms with Gasteiger partial charge in [0.25, 0.3) is 5.91 Å². The lowest BCUT2D eigenvalue weighted by Crippen LogP contribution is -2.49. The summed E-state index contributed by atoms with van der Waals surface area (Å²) in [4.78, 5) is 16.1. The molecule has 0 radical (unpaired) electrons. The zero-order valence-corrected chi connectivity index (χ0v) is 14.8. The van der Waals surface area contributed by atoms with Gasteiger partial charge >= 0.3 is 0 Å². The smallest absolute Gasteiger partial charge is 0.251 e. The van der Waals surface area contributed by atoms with Crippen LogP contribution in [-0.2, 0) is 0 Å². The van der Waals surface area contributed by atoms with Crippen LogP contribution in [0.2, 0.25) is 10.0 Å².